The first kappa shape index (κ1) is 14.4. The maximum Gasteiger partial charge on any atom is 0.260 e. The summed E-state index contributed by atoms with van der Waals surface area (Å²) < 4.78 is 26.5. The molecule has 0 radical (unpaired) electrons. The largest absolute Gasteiger partial charge is 0.326 e. The first-order valence-corrected chi connectivity index (χ1v) is 7.79. The van der Waals surface area contributed by atoms with Gasteiger partial charge in [-0.2, -0.15) is 9.40 Å². The minimum atomic E-state index is -3.54. The second-order valence-electron chi connectivity index (χ2n) is 4.98. The van der Waals surface area contributed by atoms with E-state index in [1.165, 1.54) is 10.5 Å². The van der Waals surface area contributed by atoms with Crippen LogP contribution >= 0.6 is 0 Å². The minimum absolute atomic E-state index is 0.0372. The zero-order valence-electron chi connectivity index (χ0n) is 11.3. The molecule has 19 heavy (non-hydrogen) atoms. The fourth-order valence-corrected chi connectivity index (χ4v) is 3.89. The van der Waals surface area contributed by atoms with Crippen LogP contribution in [0.25, 0.3) is 0 Å². The van der Waals surface area contributed by atoms with Crippen molar-refractivity contribution >= 4 is 10.0 Å². The Kier molecular flexibility index (Phi) is 4.24. The van der Waals surface area contributed by atoms with Crippen molar-refractivity contribution in [3.05, 3.63) is 11.8 Å². The number of piperidine rings is 1. The summed E-state index contributed by atoms with van der Waals surface area (Å²) in [5.74, 6) is 0. The number of nitrogens with zero attached hydrogens (tertiary/aromatic N) is 3. The molecule has 0 amide bonds. The van der Waals surface area contributed by atoms with Gasteiger partial charge in [-0.1, -0.05) is 0 Å². The van der Waals surface area contributed by atoms with Crippen molar-refractivity contribution in [3.63, 3.8) is 0 Å². The topological polar surface area (TPSA) is 95.3 Å². The fraction of sp³-hybridized carbons (Fsp3) is 0.727. The van der Waals surface area contributed by atoms with E-state index in [2.05, 4.69) is 15.1 Å². The molecule has 2 rings (SSSR count). The van der Waals surface area contributed by atoms with E-state index in [1.54, 1.807) is 7.05 Å². The second kappa shape index (κ2) is 5.58. The number of H-pyrrole nitrogens is 1. The smallest absolute Gasteiger partial charge is 0.260 e. The molecule has 1 aromatic heterocycles. The zero-order chi connectivity index (χ0) is 14.0. The third-order valence-electron chi connectivity index (χ3n) is 3.74. The lowest BCUT2D eigenvalue weighted by molar-refractivity contribution is 0.197. The van der Waals surface area contributed by atoms with Crippen LogP contribution in [-0.2, 0) is 16.6 Å². The number of likely N-dealkylation sites (tertiary alicyclic amines) is 1. The van der Waals surface area contributed by atoms with Crippen LogP contribution in [0.5, 0.6) is 0 Å². The normalized spacial score (nSPS) is 19.2. The summed E-state index contributed by atoms with van der Waals surface area (Å²) in [6, 6.07) is 0.0372. The molecule has 108 valence electrons. The molecule has 1 aromatic rings. The lowest BCUT2D eigenvalue weighted by Crippen LogP contribution is -2.44. The van der Waals surface area contributed by atoms with Crippen molar-refractivity contribution in [2.24, 2.45) is 5.73 Å². The Labute approximate surface area is 113 Å². The summed E-state index contributed by atoms with van der Waals surface area (Å²) in [6.07, 6.45) is 3.16. The van der Waals surface area contributed by atoms with Crippen LogP contribution in [-0.4, -0.2) is 61.0 Å². The quantitative estimate of drug-likeness (QED) is 0.784. The van der Waals surface area contributed by atoms with Gasteiger partial charge in [0, 0.05) is 25.2 Å². The van der Waals surface area contributed by atoms with E-state index >= 15 is 0 Å². The Morgan fingerprint density at radius 3 is 2.74 bits per heavy atom. The van der Waals surface area contributed by atoms with Gasteiger partial charge in [-0.3, -0.25) is 5.10 Å². The molecule has 2 heterocycles. The van der Waals surface area contributed by atoms with Crippen molar-refractivity contribution in [2.45, 2.75) is 30.5 Å². The molecule has 0 aromatic carbocycles. The van der Waals surface area contributed by atoms with E-state index in [4.69, 9.17) is 5.73 Å². The number of sulfonamides is 1. The summed E-state index contributed by atoms with van der Waals surface area (Å²) >= 11 is 0. The van der Waals surface area contributed by atoms with Crippen molar-refractivity contribution in [1.82, 2.24) is 19.4 Å². The lowest BCUT2D eigenvalue weighted by atomic mass is 10.1. The van der Waals surface area contributed by atoms with Crippen LogP contribution in [0.3, 0.4) is 0 Å². The highest BCUT2D eigenvalue weighted by Gasteiger charge is 2.32. The number of hydrogen-bond acceptors (Lipinski definition) is 5. The highest BCUT2D eigenvalue weighted by atomic mass is 32.2. The molecular weight excluding hydrogens is 266 g/mol. The van der Waals surface area contributed by atoms with Crippen LogP contribution < -0.4 is 5.73 Å². The van der Waals surface area contributed by atoms with Gasteiger partial charge in [0.2, 0.25) is 0 Å². The van der Waals surface area contributed by atoms with Crippen molar-refractivity contribution in [2.75, 3.05) is 27.2 Å². The predicted octanol–water partition coefficient (Wildman–Crippen LogP) is -0.417. The summed E-state index contributed by atoms with van der Waals surface area (Å²) in [6.45, 7) is 1.99. The van der Waals surface area contributed by atoms with E-state index in [-0.39, 0.29) is 17.6 Å². The second-order valence-corrected chi connectivity index (χ2v) is 6.92. The molecule has 0 saturated carbocycles. The third kappa shape index (κ3) is 2.81. The molecule has 3 N–H and O–H groups in total. The molecule has 0 aliphatic carbocycles. The van der Waals surface area contributed by atoms with Gasteiger partial charge in [-0.25, -0.2) is 8.42 Å². The number of aromatic nitrogens is 2. The summed E-state index contributed by atoms with van der Waals surface area (Å²) in [4.78, 5) is 2.21. The number of aromatic amines is 1. The zero-order valence-corrected chi connectivity index (χ0v) is 12.2. The first-order chi connectivity index (χ1) is 8.96. The van der Waals surface area contributed by atoms with Gasteiger partial charge < -0.3 is 10.6 Å². The molecule has 0 unspecified atom stereocenters. The predicted molar refractivity (Wildman–Crippen MR) is 71.9 cm³/mol. The van der Waals surface area contributed by atoms with E-state index in [1.807, 2.05) is 7.05 Å². The number of nitrogens with two attached hydrogens (primary N) is 1. The maximum atomic E-state index is 12.5. The Hall–Kier alpha value is -0.960. The summed E-state index contributed by atoms with van der Waals surface area (Å²) in [5, 5.41) is 6.46. The maximum absolute atomic E-state index is 12.5. The van der Waals surface area contributed by atoms with Crippen LogP contribution in [0.4, 0.5) is 0 Å². The van der Waals surface area contributed by atoms with Gasteiger partial charge in [0.25, 0.3) is 10.0 Å². The Morgan fingerprint density at radius 1 is 1.53 bits per heavy atom. The van der Waals surface area contributed by atoms with Gasteiger partial charge in [-0.15, -0.1) is 0 Å². The Morgan fingerprint density at radius 2 is 2.16 bits per heavy atom. The standard InChI is InChI=1S/C11H21N5O2S/c1-15-5-3-10(4-6-15)16(2)19(17,18)11-9(7-12)8-13-14-11/h8,10H,3-7,12H2,1-2H3,(H,13,14). The molecule has 1 saturated heterocycles. The third-order valence-corrected chi connectivity index (χ3v) is 5.66. The Balaban J connectivity index is 2.20. The van der Waals surface area contributed by atoms with Crippen LogP contribution in [0.2, 0.25) is 0 Å². The van der Waals surface area contributed by atoms with E-state index < -0.39 is 10.0 Å². The monoisotopic (exact) mass is 287 g/mol. The van der Waals surface area contributed by atoms with Crippen LogP contribution in [0.15, 0.2) is 11.2 Å². The minimum Gasteiger partial charge on any atom is -0.326 e. The molecule has 0 bridgehead atoms. The van der Waals surface area contributed by atoms with Crippen molar-refractivity contribution < 1.29 is 8.42 Å². The Bertz CT molecular complexity index is 519. The van der Waals surface area contributed by atoms with Gasteiger partial charge in [0.05, 0.1) is 6.20 Å². The highest BCUT2D eigenvalue weighted by molar-refractivity contribution is 7.89. The molecule has 1 aliphatic rings. The van der Waals surface area contributed by atoms with Crippen molar-refractivity contribution in [3.8, 4) is 0 Å². The summed E-state index contributed by atoms with van der Waals surface area (Å²) in [5.41, 5.74) is 6.07. The average molecular weight is 287 g/mol. The number of rotatable bonds is 4. The van der Waals surface area contributed by atoms with E-state index in [0.29, 0.717) is 5.56 Å². The average Bonchev–Trinajstić information content (AvgIpc) is 2.87. The van der Waals surface area contributed by atoms with Gasteiger partial charge >= 0.3 is 0 Å². The van der Waals surface area contributed by atoms with Crippen LogP contribution in [0.1, 0.15) is 18.4 Å². The SMILES string of the molecule is CN1CCC(N(C)S(=O)(=O)c2[nH]ncc2CN)CC1. The number of nitrogens with one attached hydrogen (secondary N) is 1. The van der Waals surface area contributed by atoms with Gasteiger partial charge in [0.1, 0.15) is 0 Å². The number of hydrogen-bond donors (Lipinski definition) is 2. The van der Waals surface area contributed by atoms with Crippen molar-refractivity contribution in [1.29, 1.82) is 0 Å². The van der Waals surface area contributed by atoms with E-state index in [0.717, 1.165) is 25.9 Å². The molecule has 1 fully saturated rings. The first-order valence-electron chi connectivity index (χ1n) is 6.35. The molecule has 7 nitrogen and oxygen atoms in total. The van der Waals surface area contributed by atoms with Crippen LogP contribution in [0, 0.1) is 0 Å². The molecule has 0 atom stereocenters. The van der Waals surface area contributed by atoms with E-state index in [9.17, 15) is 8.42 Å². The summed E-state index contributed by atoms with van der Waals surface area (Å²) in [7, 11) is 0.140. The highest BCUT2D eigenvalue weighted by Crippen LogP contribution is 2.22. The molecule has 1 aliphatic heterocycles. The molecule has 8 heteroatoms. The van der Waals surface area contributed by atoms with Gasteiger partial charge in [-0.05, 0) is 33.0 Å². The lowest BCUT2D eigenvalue weighted by Gasteiger charge is -2.34. The van der Waals surface area contributed by atoms with Gasteiger partial charge in [0.15, 0.2) is 5.03 Å². The fourth-order valence-electron chi connectivity index (χ4n) is 2.37. The molecular formula is C11H21N5O2S. The molecule has 0 spiro atoms.